The third-order valence-corrected chi connectivity index (χ3v) is 1.55. The monoisotopic (exact) mass is 247 g/mol. The molecule has 0 aromatic carbocycles. The van der Waals surface area contributed by atoms with Crippen molar-refractivity contribution in [3.05, 3.63) is 0 Å². The van der Waals surface area contributed by atoms with E-state index in [1.165, 1.54) is 29.6 Å². The molecule has 0 amide bonds. The summed E-state index contributed by atoms with van der Waals surface area (Å²) in [6.45, 7) is 0. The first-order chi connectivity index (χ1) is 4.09. The second kappa shape index (κ2) is 3.99. The van der Waals surface area contributed by atoms with Crippen LogP contribution in [0.3, 0.4) is 0 Å². The Hall–Kier alpha value is 0.0900. The molecule has 0 saturated carbocycles. The molecule has 2 unspecified atom stereocenters. The maximum Gasteiger partial charge on any atom is 0.324 e. The molecule has 0 spiro atoms. The number of aliphatic carboxylic acids is 1. The average Bonchev–Trinajstić information content (AvgIpc) is 1.64. The lowest BCUT2D eigenvalue weighted by Crippen LogP contribution is -2.39. The molecule has 0 radical (unpaired) electrons. The minimum absolute atomic E-state index is 1.09. The summed E-state index contributed by atoms with van der Waals surface area (Å²) in [4.78, 5) is 10.1. The van der Waals surface area contributed by atoms with Crippen LogP contribution in [0, 0.1) is 0 Å². The number of likely N-dealkylation sites (N-methyl/N-ethyl adjacent to an activating group) is 1. The summed E-state index contributed by atoms with van der Waals surface area (Å²) in [6, 6.07) is -1.09. The van der Waals surface area contributed by atoms with Gasteiger partial charge in [-0.25, -0.2) is 4.39 Å². The van der Waals surface area contributed by atoms with Gasteiger partial charge in [-0.15, -0.1) is 0 Å². The highest BCUT2D eigenvalue weighted by atomic mass is 127. The van der Waals surface area contributed by atoms with Gasteiger partial charge in [0.25, 0.3) is 0 Å². The minimum atomic E-state index is -1.38. The van der Waals surface area contributed by atoms with E-state index in [4.69, 9.17) is 5.11 Å². The highest BCUT2D eigenvalue weighted by molar-refractivity contribution is 14.1. The number of carboxylic acid groups (broad SMARTS) is 1. The number of rotatable bonds is 3. The molecule has 0 saturated heterocycles. The summed E-state index contributed by atoms with van der Waals surface area (Å²) in [5.41, 5.74) is 0. The summed E-state index contributed by atoms with van der Waals surface area (Å²) in [5, 5.41) is 10.6. The van der Waals surface area contributed by atoms with E-state index in [1.807, 2.05) is 0 Å². The fraction of sp³-hybridized carbons (Fsp3) is 0.750. The molecule has 0 aliphatic heterocycles. The Morgan fingerprint density at radius 3 is 2.33 bits per heavy atom. The SMILES string of the molecule is CNC(C(=O)O)C(F)I. The van der Waals surface area contributed by atoms with Gasteiger partial charge in [-0.2, -0.15) is 0 Å². The van der Waals surface area contributed by atoms with Crippen LogP contribution in [0.25, 0.3) is 0 Å². The molecule has 54 valence electrons. The summed E-state index contributed by atoms with van der Waals surface area (Å²) in [7, 11) is 1.41. The second-order valence-corrected chi connectivity index (χ2v) is 2.63. The van der Waals surface area contributed by atoms with Gasteiger partial charge >= 0.3 is 5.97 Å². The number of hydrogen-bond donors (Lipinski definition) is 2. The van der Waals surface area contributed by atoms with Crippen LogP contribution in [0.1, 0.15) is 0 Å². The second-order valence-electron chi connectivity index (χ2n) is 1.44. The smallest absolute Gasteiger partial charge is 0.324 e. The van der Waals surface area contributed by atoms with Crippen LogP contribution in [0.15, 0.2) is 0 Å². The quantitative estimate of drug-likeness (QED) is 0.560. The molecule has 0 aromatic rings. The van der Waals surface area contributed by atoms with Gasteiger partial charge in [0.15, 0.2) is 4.18 Å². The van der Waals surface area contributed by atoms with Gasteiger partial charge in [0.2, 0.25) is 0 Å². The lowest BCUT2D eigenvalue weighted by atomic mass is 10.3. The zero-order valence-corrected chi connectivity index (χ0v) is 6.92. The van der Waals surface area contributed by atoms with Crippen molar-refractivity contribution in [2.24, 2.45) is 0 Å². The van der Waals surface area contributed by atoms with E-state index < -0.39 is 16.2 Å². The highest BCUT2D eigenvalue weighted by Crippen LogP contribution is 2.06. The number of carboxylic acids is 1. The van der Waals surface area contributed by atoms with Crippen molar-refractivity contribution >= 4 is 28.6 Å². The third kappa shape index (κ3) is 2.95. The molecule has 0 aliphatic carbocycles. The molecule has 0 fully saturated rings. The molecule has 3 nitrogen and oxygen atoms in total. The van der Waals surface area contributed by atoms with Crippen LogP contribution in [-0.2, 0) is 4.79 Å². The van der Waals surface area contributed by atoms with Crippen molar-refractivity contribution in [1.29, 1.82) is 0 Å². The Bertz CT molecular complexity index is 109. The van der Waals surface area contributed by atoms with Crippen LogP contribution < -0.4 is 5.32 Å². The summed E-state index contributed by atoms with van der Waals surface area (Å²) >= 11 is 1.41. The molecule has 0 aliphatic rings. The van der Waals surface area contributed by atoms with Crippen molar-refractivity contribution in [3.63, 3.8) is 0 Å². The topological polar surface area (TPSA) is 49.3 Å². The molecule has 0 bridgehead atoms. The lowest BCUT2D eigenvalue weighted by molar-refractivity contribution is -0.139. The van der Waals surface area contributed by atoms with Crippen molar-refractivity contribution in [1.82, 2.24) is 5.32 Å². The predicted octanol–water partition coefficient (Wildman–Crippen LogP) is 0.390. The standard InChI is InChI=1S/C4H7FINO2/c1-7-2(3(5)6)4(8)9/h2-3,7H,1H3,(H,8,9). The Kier molecular flexibility index (Phi) is 4.03. The minimum Gasteiger partial charge on any atom is -0.480 e. The van der Waals surface area contributed by atoms with Crippen molar-refractivity contribution in [2.45, 2.75) is 10.2 Å². The number of halogens is 2. The zero-order chi connectivity index (χ0) is 7.44. The zero-order valence-electron chi connectivity index (χ0n) is 4.77. The largest absolute Gasteiger partial charge is 0.480 e. The first-order valence-corrected chi connectivity index (χ1v) is 3.52. The van der Waals surface area contributed by atoms with Crippen molar-refractivity contribution in [3.8, 4) is 0 Å². The number of hydrogen-bond acceptors (Lipinski definition) is 2. The number of nitrogens with one attached hydrogen (secondary N) is 1. The lowest BCUT2D eigenvalue weighted by Gasteiger charge is -2.09. The van der Waals surface area contributed by atoms with E-state index in [-0.39, 0.29) is 0 Å². The van der Waals surface area contributed by atoms with Crippen LogP contribution >= 0.6 is 22.6 Å². The number of alkyl halides is 2. The van der Waals surface area contributed by atoms with E-state index in [0.717, 1.165) is 0 Å². The highest BCUT2D eigenvalue weighted by Gasteiger charge is 2.22. The van der Waals surface area contributed by atoms with Crippen molar-refractivity contribution in [2.75, 3.05) is 7.05 Å². The van der Waals surface area contributed by atoms with E-state index >= 15 is 0 Å². The molecular weight excluding hydrogens is 240 g/mol. The van der Waals surface area contributed by atoms with Gasteiger partial charge < -0.3 is 10.4 Å². The van der Waals surface area contributed by atoms with Crippen LogP contribution in [-0.4, -0.2) is 28.3 Å². The van der Waals surface area contributed by atoms with Gasteiger partial charge in [0.05, 0.1) is 0 Å². The van der Waals surface area contributed by atoms with Crippen LogP contribution in [0.4, 0.5) is 4.39 Å². The van der Waals surface area contributed by atoms with Crippen LogP contribution in [0.5, 0.6) is 0 Å². The van der Waals surface area contributed by atoms with Gasteiger partial charge in [0, 0.05) is 0 Å². The predicted molar refractivity (Wildman–Crippen MR) is 39.4 cm³/mol. The van der Waals surface area contributed by atoms with Gasteiger partial charge in [-0.05, 0) is 29.6 Å². The van der Waals surface area contributed by atoms with Gasteiger partial charge in [-0.1, -0.05) is 0 Å². The maximum absolute atomic E-state index is 12.2. The molecule has 0 heterocycles. The Labute approximate surface area is 65.8 Å². The Morgan fingerprint density at radius 1 is 1.89 bits per heavy atom. The normalized spacial score (nSPS) is 16.8. The Morgan fingerprint density at radius 2 is 2.33 bits per heavy atom. The van der Waals surface area contributed by atoms with Gasteiger partial charge in [0.1, 0.15) is 6.04 Å². The summed E-state index contributed by atoms with van der Waals surface area (Å²) < 4.78 is 10.8. The first-order valence-electron chi connectivity index (χ1n) is 2.27. The van der Waals surface area contributed by atoms with Crippen LogP contribution in [0.2, 0.25) is 0 Å². The van der Waals surface area contributed by atoms with E-state index in [0.29, 0.717) is 0 Å². The summed E-state index contributed by atoms with van der Waals surface area (Å²) in [5.74, 6) is -1.17. The molecule has 9 heavy (non-hydrogen) atoms. The van der Waals surface area contributed by atoms with E-state index in [2.05, 4.69) is 5.32 Å². The molecular formula is C4H7FINO2. The van der Waals surface area contributed by atoms with E-state index in [1.54, 1.807) is 0 Å². The third-order valence-electron chi connectivity index (χ3n) is 0.829. The number of carbonyl (C=O) groups is 1. The molecule has 0 rings (SSSR count). The average molecular weight is 247 g/mol. The fourth-order valence-corrected chi connectivity index (χ4v) is 1.02. The first kappa shape index (κ1) is 9.09. The van der Waals surface area contributed by atoms with E-state index in [9.17, 15) is 9.18 Å². The van der Waals surface area contributed by atoms with Crippen molar-refractivity contribution < 1.29 is 14.3 Å². The molecule has 2 N–H and O–H groups in total. The molecule has 2 atom stereocenters. The van der Waals surface area contributed by atoms with Gasteiger partial charge in [-0.3, -0.25) is 4.79 Å². The molecule has 0 aromatic heterocycles. The Balaban J connectivity index is 3.83. The maximum atomic E-state index is 12.2. The fourth-order valence-electron chi connectivity index (χ4n) is 0.357. The molecule has 5 heteroatoms. The summed E-state index contributed by atoms with van der Waals surface area (Å²) in [6.07, 6.45) is 0.